The van der Waals surface area contributed by atoms with Crippen molar-refractivity contribution in [3.05, 3.63) is 0 Å². The number of aliphatic hydroxyl groups excluding tert-OH is 1. The highest BCUT2D eigenvalue weighted by Gasteiger charge is 2.40. The molecule has 1 saturated heterocycles. The fraction of sp³-hybridized carbons (Fsp3) is 0.860. The van der Waals surface area contributed by atoms with Crippen LogP contribution in [0.25, 0.3) is 0 Å². The van der Waals surface area contributed by atoms with Gasteiger partial charge in [0.15, 0.2) is 8.32 Å². The van der Waals surface area contributed by atoms with E-state index in [1.165, 1.54) is 0 Å². The molecule has 1 aliphatic heterocycles. The first-order valence-corrected chi connectivity index (χ1v) is 24.2. The highest BCUT2D eigenvalue weighted by Crippen LogP contribution is 2.38. The summed E-state index contributed by atoms with van der Waals surface area (Å²) in [6, 6.07) is -2.54. The number of rotatable bonds is 14. The number of carboxylic acid groups (broad SMARTS) is 1. The number of alkyl carbamates (subject to hydrolysis) is 3. The molecule has 1 heterocycles. The molecule has 61 heavy (non-hydrogen) atoms. The van der Waals surface area contributed by atoms with Crippen molar-refractivity contribution in [2.24, 2.45) is 0 Å². The van der Waals surface area contributed by atoms with Crippen LogP contribution < -0.4 is 16.0 Å². The van der Waals surface area contributed by atoms with Gasteiger partial charge in [0.05, 0.1) is 6.10 Å². The molecule has 0 aromatic rings. The van der Waals surface area contributed by atoms with Gasteiger partial charge in [-0.15, -0.1) is 0 Å². The van der Waals surface area contributed by atoms with Gasteiger partial charge in [0.25, 0.3) is 0 Å². The van der Waals surface area contributed by atoms with Gasteiger partial charge < -0.3 is 54.3 Å². The number of ether oxygens (including phenoxy) is 5. The Labute approximate surface area is 366 Å². The lowest BCUT2D eigenvalue weighted by atomic mass is 10.1. The fourth-order valence-electron chi connectivity index (χ4n) is 4.77. The predicted molar refractivity (Wildman–Crippen MR) is 236 cm³/mol. The molecular weight excluding hydrogens is 811 g/mol. The lowest BCUT2D eigenvalue weighted by molar-refractivity contribution is -0.158. The van der Waals surface area contributed by atoms with E-state index in [-0.39, 0.29) is 36.1 Å². The van der Waals surface area contributed by atoms with Gasteiger partial charge in [-0.25, -0.2) is 28.8 Å². The van der Waals surface area contributed by atoms with Crippen molar-refractivity contribution in [2.75, 3.05) is 0 Å². The monoisotopic (exact) mass is 894 g/mol. The molecule has 0 saturated carbocycles. The lowest BCUT2D eigenvalue weighted by Crippen LogP contribution is -2.48. The SMILES string of the molecule is CC[C@@H](C[C@H](NC(=O)OC(C)(C)C)C(=O)O)O[Si](C)(C)C(C)(C)C.CC[C@H](O)C[C@H](NC(=O)OC(C)(C)C)C(=O)OC(C)(C)C.CC[C@H]1C[C@H](NC(=O)OC(C)(C)C)C(=O)O1. The van der Waals surface area contributed by atoms with Gasteiger partial charge in [-0.1, -0.05) is 41.5 Å². The molecule has 1 aliphatic rings. The molecule has 17 nitrogen and oxygen atoms in total. The summed E-state index contributed by atoms with van der Waals surface area (Å²) in [5, 5.41) is 26.6. The van der Waals surface area contributed by atoms with E-state index in [9.17, 15) is 39.0 Å². The van der Waals surface area contributed by atoms with E-state index >= 15 is 0 Å². The van der Waals surface area contributed by atoms with Crippen molar-refractivity contribution >= 4 is 44.5 Å². The maximum Gasteiger partial charge on any atom is 0.408 e. The summed E-state index contributed by atoms with van der Waals surface area (Å²) in [5.41, 5.74) is -2.56. The van der Waals surface area contributed by atoms with Crippen LogP contribution in [0, 0.1) is 0 Å². The topological polar surface area (TPSA) is 234 Å². The summed E-state index contributed by atoms with van der Waals surface area (Å²) in [6.45, 7) is 37.3. The number of nitrogens with one attached hydrogen (secondary N) is 3. The van der Waals surface area contributed by atoms with E-state index < -0.39 is 85.2 Å². The second kappa shape index (κ2) is 24.9. The van der Waals surface area contributed by atoms with Gasteiger partial charge >= 0.3 is 36.2 Å². The number of esters is 2. The Kier molecular flexibility index (Phi) is 24.2. The van der Waals surface area contributed by atoms with Gasteiger partial charge in [0, 0.05) is 25.4 Å². The number of aliphatic hydroxyl groups is 1. The molecule has 3 amide bonds. The second-order valence-electron chi connectivity index (χ2n) is 20.6. The number of carbonyl (C=O) groups is 6. The molecule has 0 aliphatic carbocycles. The molecule has 1 rings (SSSR count). The summed E-state index contributed by atoms with van der Waals surface area (Å²) >= 11 is 0. The first kappa shape index (κ1) is 59.4. The van der Waals surface area contributed by atoms with Gasteiger partial charge in [-0.05, 0) is 120 Å². The summed E-state index contributed by atoms with van der Waals surface area (Å²) < 4.78 is 31.9. The predicted octanol–water partition coefficient (Wildman–Crippen LogP) is 8.14. The van der Waals surface area contributed by atoms with Crippen LogP contribution in [0.3, 0.4) is 0 Å². The lowest BCUT2D eigenvalue weighted by Gasteiger charge is -2.39. The molecule has 6 atom stereocenters. The van der Waals surface area contributed by atoms with E-state index in [0.29, 0.717) is 19.3 Å². The molecule has 0 radical (unpaired) electrons. The zero-order chi connectivity index (χ0) is 48.5. The third kappa shape index (κ3) is 28.6. The van der Waals surface area contributed by atoms with E-state index in [1.54, 1.807) is 90.0 Å². The van der Waals surface area contributed by atoms with Crippen molar-refractivity contribution in [2.45, 2.75) is 240 Å². The highest BCUT2D eigenvalue weighted by atomic mass is 28.4. The van der Waals surface area contributed by atoms with Gasteiger partial charge in [0.2, 0.25) is 0 Å². The van der Waals surface area contributed by atoms with Crippen LogP contribution >= 0.6 is 0 Å². The molecule has 18 heteroatoms. The second-order valence-corrected chi connectivity index (χ2v) is 25.4. The summed E-state index contributed by atoms with van der Waals surface area (Å²) in [5.74, 6) is -2.04. The molecule has 358 valence electrons. The van der Waals surface area contributed by atoms with Crippen molar-refractivity contribution in [1.29, 1.82) is 0 Å². The molecule has 0 bridgehead atoms. The molecule has 0 aromatic carbocycles. The van der Waals surface area contributed by atoms with Crippen molar-refractivity contribution in [3.63, 3.8) is 0 Å². The van der Waals surface area contributed by atoms with Crippen LogP contribution in [0.5, 0.6) is 0 Å². The maximum atomic E-state index is 12.1. The largest absolute Gasteiger partial charge is 0.480 e. The highest BCUT2D eigenvalue weighted by molar-refractivity contribution is 6.74. The number of cyclic esters (lactones) is 1. The average Bonchev–Trinajstić information content (AvgIpc) is 3.38. The Bertz CT molecular complexity index is 1400. The smallest absolute Gasteiger partial charge is 0.408 e. The van der Waals surface area contributed by atoms with E-state index in [1.807, 2.05) is 13.8 Å². The van der Waals surface area contributed by atoms with Gasteiger partial charge in [0.1, 0.15) is 46.6 Å². The molecule has 1 fully saturated rings. The number of amides is 3. The Morgan fingerprint density at radius 2 is 1.11 bits per heavy atom. The van der Waals surface area contributed by atoms with Crippen LogP contribution in [0.4, 0.5) is 14.4 Å². The third-order valence-electron chi connectivity index (χ3n) is 8.78. The number of carbonyl (C=O) groups excluding carboxylic acids is 5. The quantitative estimate of drug-likeness (QED) is 0.0629. The van der Waals surface area contributed by atoms with Crippen molar-refractivity contribution < 1.29 is 67.1 Å². The van der Waals surface area contributed by atoms with Gasteiger partial charge in [-0.3, -0.25) is 0 Å². The van der Waals surface area contributed by atoms with E-state index in [4.69, 9.17) is 28.1 Å². The summed E-state index contributed by atoms with van der Waals surface area (Å²) in [6.07, 6.45) is -0.256. The van der Waals surface area contributed by atoms with Crippen LogP contribution in [-0.4, -0.2) is 114 Å². The Morgan fingerprint density at radius 3 is 1.46 bits per heavy atom. The number of carboxylic acids is 1. The minimum atomic E-state index is -2.01. The average molecular weight is 894 g/mol. The molecular formula is C43H83N3O14Si. The summed E-state index contributed by atoms with van der Waals surface area (Å²) in [7, 11) is -2.01. The molecule has 0 unspecified atom stereocenters. The van der Waals surface area contributed by atoms with Crippen LogP contribution in [0.1, 0.15) is 163 Å². The minimum absolute atomic E-state index is 0.0394. The number of hydrogen-bond acceptors (Lipinski definition) is 13. The zero-order valence-electron chi connectivity index (χ0n) is 41.0. The van der Waals surface area contributed by atoms with Gasteiger partial charge in [-0.2, -0.15) is 0 Å². The Morgan fingerprint density at radius 1 is 0.689 bits per heavy atom. The first-order chi connectivity index (χ1) is 27.2. The third-order valence-corrected chi connectivity index (χ3v) is 13.3. The summed E-state index contributed by atoms with van der Waals surface area (Å²) in [4.78, 5) is 70.0. The van der Waals surface area contributed by atoms with Crippen molar-refractivity contribution in [3.8, 4) is 0 Å². The van der Waals surface area contributed by atoms with Crippen molar-refractivity contribution in [1.82, 2.24) is 16.0 Å². The van der Waals surface area contributed by atoms with Crippen LogP contribution in [0.2, 0.25) is 18.1 Å². The van der Waals surface area contributed by atoms with E-state index in [0.717, 1.165) is 6.42 Å². The normalized spacial score (nSPS) is 17.9. The first-order valence-electron chi connectivity index (χ1n) is 21.2. The van der Waals surface area contributed by atoms with Crippen LogP contribution in [0.15, 0.2) is 0 Å². The Hall–Kier alpha value is -3.64. The molecule has 5 N–H and O–H groups in total. The fourth-order valence-corrected chi connectivity index (χ4v) is 6.22. The maximum absolute atomic E-state index is 12.1. The standard InChI is InChI=1S/C17H35NO5Si.C15H29NO5.C11H19NO4/c1-10-12(23-24(8,9)17(5,6)7)11-13(14(19)20)18-15(21)22-16(2,3)4;1-8-10(17)9-11(12(18)20-14(2,3)4)16-13(19)21-15(5,6)7;1-5-7-6-8(9(13)15-7)12-10(14)16-11(2,3)4/h12-13H,10-11H2,1-9H3,(H,18,21)(H,19,20);10-11,17H,8-9H2,1-7H3,(H,16,19);7-8H,5-6H2,1-4H3,(H,12,14)/t12-,13-;10-,11-;7-,8-/m000/s1. The number of hydrogen-bond donors (Lipinski definition) is 5. The zero-order valence-corrected chi connectivity index (χ0v) is 42.0. The number of aliphatic carboxylic acids is 1. The van der Waals surface area contributed by atoms with Crippen LogP contribution in [-0.2, 0) is 42.5 Å². The molecule has 0 aromatic heterocycles. The van der Waals surface area contributed by atoms with E-state index in [2.05, 4.69) is 49.8 Å². The Balaban J connectivity index is 0. The minimum Gasteiger partial charge on any atom is -0.480 e. The molecule has 0 spiro atoms.